The minimum absolute atomic E-state index is 0.00707. The van der Waals surface area contributed by atoms with E-state index in [4.69, 9.17) is 23.2 Å². The van der Waals surface area contributed by atoms with Crippen LogP contribution in [-0.2, 0) is 39.0 Å². The van der Waals surface area contributed by atoms with Gasteiger partial charge in [0.25, 0.3) is 10.0 Å². The van der Waals surface area contributed by atoms with E-state index in [-0.39, 0.29) is 29.8 Å². The van der Waals surface area contributed by atoms with E-state index in [2.05, 4.69) is 5.32 Å². The predicted octanol–water partition coefficient (Wildman–Crippen LogP) is 7.84. The van der Waals surface area contributed by atoms with Gasteiger partial charge in [-0.3, -0.25) is 13.9 Å². The lowest BCUT2D eigenvalue weighted by Gasteiger charge is -2.35. The molecule has 0 saturated heterocycles. The van der Waals surface area contributed by atoms with Crippen molar-refractivity contribution in [1.82, 2.24) is 10.2 Å². The predicted molar refractivity (Wildman–Crippen MR) is 193 cm³/mol. The minimum Gasteiger partial charge on any atom is -0.352 e. The summed E-state index contributed by atoms with van der Waals surface area (Å²) in [5.74, 6) is -0.825. The van der Waals surface area contributed by atoms with Gasteiger partial charge >= 0.3 is 0 Å². The first-order chi connectivity index (χ1) is 23.2. The highest BCUT2D eigenvalue weighted by Gasteiger charge is 2.35. The average molecular weight is 707 g/mol. The lowest BCUT2D eigenvalue weighted by molar-refractivity contribution is -0.140. The normalized spacial score (nSPS) is 14.2. The third-order valence-corrected chi connectivity index (χ3v) is 11.2. The molecule has 10 heteroatoms. The fraction of sp³-hybridized carbons (Fsp3) is 0.316. The Morgan fingerprint density at radius 3 is 2.10 bits per heavy atom. The van der Waals surface area contributed by atoms with Crippen LogP contribution in [0, 0.1) is 0 Å². The van der Waals surface area contributed by atoms with Gasteiger partial charge in [0, 0.05) is 29.1 Å². The van der Waals surface area contributed by atoms with Crippen LogP contribution >= 0.6 is 23.2 Å². The molecule has 1 N–H and O–H groups in total. The first kappa shape index (κ1) is 35.5. The standard InChI is InChI=1S/C38H41Cl2N3O4S/c1-2-28-18-22-33(23-19-28)43(48(46,47)34-16-10-5-11-17-34)27-37(44)42(26-30-20-21-31(39)25-35(30)40)36(24-29-12-6-3-7-13-29)38(45)41-32-14-8-4-9-15-32/h3,5-7,10-13,16-23,25,32,36H,2,4,8-9,14-15,24,26-27H2,1H3,(H,41,45)/t36-/m1/s1. The first-order valence-electron chi connectivity index (χ1n) is 16.4. The largest absolute Gasteiger partial charge is 0.352 e. The van der Waals surface area contributed by atoms with E-state index < -0.39 is 28.5 Å². The van der Waals surface area contributed by atoms with Gasteiger partial charge in [-0.25, -0.2) is 8.42 Å². The van der Waals surface area contributed by atoms with Crippen LogP contribution in [0.3, 0.4) is 0 Å². The van der Waals surface area contributed by atoms with Gasteiger partial charge in [0.15, 0.2) is 0 Å². The number of benzene rings is 4. The molecular weight excluding hydrogens is 665 g/mol. The average Bonchev–Trinajstić information content (AvgIpc) is 3.10. The number of rotatable bonds is 13. The van der Waals surface area contributed by atoms with Crippen LogP contribution in [0.2, 0.25) is 10.0 Å². The van der Waals surface area contributed by atoms with Gasteiger partial charge in [0.2, 0.25) is 11.8 Å². The molecule has 1 fully saturated rings. The Kier molecular flexibility index (Phi) is 12.2. The van der Waals surface area contributed by atoms with Crippen LogP contribution in [0.15, 0.2) is 108 Å². The van der Waals surface area contributed by atoms with E-state index in [0.717, 1.165) is 54.0 Å². The van der Waals surface area contributed by atoms with Gasteiger partial charge in [0.1, 0.15) is 12.6 Å². The van der Waals surface area contributed by atoms with Crippen molar-refractivity contribution in [1.29, 1.82) is 0 Å². The van der Waals surface area contributed by atoms with Crippen LogP contribution in [0.4, 0.5) is 5.69 Å². The van der Waals surface area contributed by atoms with E-state index in [0.29, 0.717) is 21.3 Å². The lowest BCUT2D eigenvalue weighted by Crippen LogP contribution is -2.55. The quantitative estimate of drug-likeness (QED) is 0.154. The third kappa shape index (κ3) is 8.98. The molecule has 0 bridgehead atoms. The Hall–Kier alpha value is -3.85. The number of nitrogens with zero attached hydrogens (tertiary/aromatic N) is 2. The maximum Gasteiger partial charge on any atom is 0.264 e. The number of halogens is 2. The van der Waals surface area contributed by atoms with Crippen LogP contribution in [0.25, 0.3) is 0 Å². The molecular formula is C38H41Cl2N3O4S. The SMILES string of the molecule is CCc1ccc(N(CC(=O)N(Cc2ccc(Cl)cc2Cl)[C@H](Cc2ccccc2)C(=O)NC2CCCCC2)S(=O)(=O)c2ccccc2)cc1. The Morgan fingerprint density at radius 2 is 1.48 bits per heavy atom. The highest BCUT2D eigenvalue weighted by Crippen LogP contribution is 2.28. The topological polar surface area (TPSA) is 86.8 Å². The van der Waals surface area contributed by atoms with Crippen LogP contribution in [-0.4, -0.2) is 43.8 Å². The van der Waals surface area contributed by atoms with Crippen molar-refractivity contribution in [3.8, 4) is 0 Å². The summed E-state index contributed by atoms with van der Waals surface area (Å²) in [5, 5.41) is 4.00. The number of nitrogens with one attached hydrogen (secondary N) is 1. The zero-order chi connectivity index (χ0) is 34.1. The molecule has 0 spiro atoms. The second-order valence-electron chi connectivity index (χ2n) is 12.2. The van der Waals surface area contributed by atoms with E-state index in [9.17, 15) is 18.0 Å². The Bertz CT molecular complexity index is 1780. The summed E-state index contributed by atoms with van der Waals surface area (Å²) in [6.45, 7) is 1.45. The summed E-state index contributed by atoms with van der Waals surface area (Å²) < 4.78 is 29.5. The molecule has 0 heterocycles. The molecule has 1 saturated carbocycles. The molecule has 0 unspecified atom stereocenters. The number of sulfonamides is 1. The van der Waals surface area contributed by atoms with Crippen molar-refractivity contribution in [3.05, 3.63) is 130 Å². The second-order valence-corrected chi connectivity index (χ2v) is 14.9. The molecule has 1 aliphatic carbocycles. The molecule has 252 valence electrons. The third-order valence-electron chi connectivity index (χ3n) is 8.82. The van der Waals surface area contributed by atoms with Crippen molar-refractivity contribution >= 4 is 50.7 Å². The zero-order valence-corrected chi connectivity index (χ0v) is 29.4. The fourth-order valence-electron chi connectivity index (χ4n) is 6.08. The molecule has 4 aromatic rings. The van der Waals surface area contributed by atoms with Crippen LogP contribution < -0.4 is 9.62 Å². The molecule has 0 aromatic heterocycles. The van der Waals surface area contributed by atoms with Gasteiger partial charge in [-0.05, 0) is 72.4 Å². The van der Waals surface area contributed by atoms with E-state index in [1.165, 1.54) is 17.0 Å². The smallest absolute Gasteiger partial charge is 0.264 e. The molecule has 5 rings (SSSR count). The summed E-state index contributed by atoms with van der Waals surface area (Å²) in [4.78, 5) is 30.5. The highest BCUT2D eigenvalue weighted by atomic mass is 35.5. The molecule has 7 nitrogen and oxygen atoms in total. The van der Waals surface area contributed by atoms with Crippen molar-refractivity contribution in [2.45, 2.75) is 75.4 Å². The van der Waals surface area contributed by atoms with Crippen LogP contribution in [0.5, 0.6) is 0 Å². The van der Waals surface area contributed by atoms with E-state index in [1.807, 2.05) is 49.4 Å². The Balaban J connectivity index is 1.57. The van der Waals surface area contributed by atoms with E-state index in [1.54, 1.807) is 48.5 Å². The monoisotopic (exact) mass is 705 g/mol. The minimum atomic E-state index is -4.17. The van der Waals surface area contributed by atoms with Gasteiger partial charge in [-0.2, -0.15) is 0 Å². The number of aryl methyl sites for hydroxylation is 1. The maximum absolute atomic E-state index is 14.7. The number of carbonyl (C=O) groups excluding carboxylic acids is 2. The molecule has 2 amide bonds. The number of hydrogen-bond donors (Lipinski definition) is 1. The molecule has 1 atom stereocenters. The highest BCUT2D eigenvalue weighted by molar-refractivity contribution is 7.92. The van der Waals surface area contributed by atoms with Gasteiger partial charge in [-0.15, -0.1) is 0 Å². The summed E-state index contributed by atoms with van der Waals surface area (Å²) >= 11 is 12.8. The molecule has 1 aliphatic rings. The maximum atomic E-state index is 14.7. The molecule has 48 heavy (non-hydrogen) atoms. The number of carbonyl (C=O) groups is 2. The number of anilines is 1. The summed E-state index contributed by atoms with van der Waals surface area (Å²) in [7, 11) is -4.17. The zero-order valence-electron chi connectivity index (χ0n) is 27.0. The molecule has 0 radical (unpaired) electrons. The van der Waals surface area contributed by atoms with Gasteiger partial charge < -0.3 is 10.2 Å². The number of hydrogen-bond acceptors (Lipinski definition) is 4. The van der Waals surface area contributed by atoms with Gasteiger partial charge in [-0.1, -0.05) is 116 Å². The Morgan fingerprint density at radius 1 is 0.833 bits per heavy atom. The van der Waals surface area contributed by atoms with Crippen LogP contribution in [0.1, 0.15) is 55.7 Å². The lowest BCUT2D eigenvalue weighted by atomic mass is 9.94. The van der Waals surface area contributed by atoms with Gasteiger partial charge in [0.05, 0.1) is 10.6 Å². The first-order valence-corrected chi connectivity index (χ1v) is 18.6. The van der Waals surface area contributed by atoms with Crippen molar-refractivity contribution in [2.24, 2.45) is 0 Å². The summed E-state index contributed by atoms with van der Waals surface area (Å²) in [5.41, 5.74) is 2.83. The molecule has 0 aliphatic heterocycles. The fourth-order valence-corrected chi connectivity index (χ4v) is 7.98. The number of amides is 2. The Labute approximate surface area is 293 Å². The van der Waals surface area contributed by atoms with Crippen molar-refractivity contribution in [2.75, 3.05) is 10.8 Å². The second kappa shape index (κ2) is 16.5. The van der Waals surface area contributed by atoms with Crippen molar-refractivity contribution in [3.63, 3.8) is 0 Å². The summed E-state index contributed by atoms with van der Waals surface area (Å²) in [6.07, 6.45) is 5.94. The summed E-state index contributed by atoms with van der Waals surface area (Å²) in [6, 6.07) is 28.8. The van der Waals surface area contributed by atoms with Crippen molar-refractivity contribution < 1.29 is 18.0 Å². The molecule has 4 aromatic carbocycles. The van der Waals surface area contributed by atoms with E-state index >= 15 is 0 Å².